The molecule has 1 aromatic carbocycles. The average molecular weight is 322 g/mol. The van der Waals surface area contributed by atoms with Crippen molar-refractivity contribution in [1.82, 2.24) is 4.90 Å². The molecule has 0 amide bonds. The van der Waals surface area contributed by atoms with E-state index in [0.717, 1.165) is 31.6 Å². The molecular weight excluding hydrogens is 301 g/mol. The first-order chi connectivity index (χ1) is 9.06. The van der Waals surface area contributed by atoms with Crippen molar-refractivity contribution < 1.29 is 5.11 Å². The molecule has 0 radical (unpaired) electrons. The lowest BCUT2D eigenvalue weighted by Gasteiger charge is -2.19. The van der Waals surface area contributed by atoms with Crippen molar-refractivity contribution in [3.8, 4) is 0 Å². The number of rotatable bonds is 8. The molecule has 0 aliphatic carbocycles. The number of thioether (sulfide) groups is 1. The summed E-state index contributed by atoms with van der Waals surface area (Å²) in [7, 11) is 0. The second kappa shape index (κ2) is 9.09. The highest BCUT2D eigenvalue weighted by molar-refractivity contribution is 7.98. The standard InChI is InChI=1S/C14H21Cl2NOS/c1-3-17(4-2)8-7-14(18)19-10-11-5-6-12(15)9-13(11)16/h5-6,9,14,18H,3-4,7-8,10H2,1-2H3. The van der Waals surface area contributed by atoms with Gasteiger partial charge in [-0.25, -0.2) is 0 Å². The summed E-state index contributed by atoms with van der Waals surface area (Å²) in [4.78, 5) is 2.30. The average Bonchev–Trinajstić information content (AvgIpc) is 2.39. The largest absolute Gasteiger partial charge is 0.382 e. The van der Waals surface area contributed by atoms with E-state index >= 15 is 0 Å². The van der Waals surface area contributed by atoms with Gasteiger partial charge in [0.15, 0.2) is 0 Å². The minimum Gasteiger partial charge on any atom is -0.382 e. The number of hydrogen-bond donors (Lipinski definition) is 1. The quantitative estimate of drug-likeness (QED) is 0.723. The number of nitrogens with zero attached hydrogens (tertiary/aromatic N) is 1. The third-order valence-electron chi connectivity index (χ3n) is 3.03. The molecule has 0 aliphatic heterocycles. The second-order valence-electron chi connectivity index (χ2n) is 4.32. The van der Waals surface area contributed by atoms with Crippen molar-refractivity contribution in [2.45, 2.75) is 31.5 Å². The molecule has 0 saturated heterocycles. The Morgan fingerprint density at radius 3 is 2.53 bits per heavy atom. The van der Waals surface area contributed by atoms with Crippen molar-refractivity contribution in [1.29, 1.82) is 0 Å². The predicted molar refractivity (Wildman–Crippen MR) is 86.2 cm³/mol. The Labute approximate surface area is 130 Å². The Kier molecular flexibility index (Phi) is 8.19. The minimum absolute atomic E-state index is 0.354. The van der Waals surface area contributed by atoms with Gasteiger partial charge < -0.3 is 10.0 Å². The maximum atomic E-state index is 9.96. The zero-order chi connectivity index (χ0) is 14.3. The van der Waals surface area contributed by atoms with E-state index in [0.29, 0.717) is 15.8 Å². The van der Waals surface area contributed by atoms with E-state index in [-0.39, 0.29) is 5.44 Å². The SMILES string of the molecule is CCN(CC)CCC(O)SCc1ccc(Cl)cc1Cl. The molecule has 0 saturated carbocycles. The van der Waals surface area contributed by atoms with E-state index in [1.807, 2.05) is 12.1 Å². The first-order valence-corrected chi connectivity index (χ1v) is 8.33. The first kappa shape index (κ1) is 17.1. The van der Waals surface area contributed by atoms with Gasteiger partial charge in [0, 0.05) is 22.3 Å². The minimum atomic E-state index is -0.354. The molecule has 1 rings (SSSR count). The van der Waals surface area contributed by atoms with E-state index in [2.05, 4.69) is 18.7 Å². The molecule has 1 aromatic rings. The van der Waals surface area contributed by atoms with Crippen LogP contribution in [0, 0.1) is 0 Å². The number of aliphatic hydroxyl groups is 1. The zero-order valence-electron chi connectivity index (χ0n) is 11.4. The Morgan fingerprint density at radius 1 is 1.26 bits per heavy atom. The molecule has 0 spiro atoms. The third kappa shape index (κ3) is 6.37. The van der Waals surface area contributed by atoms with Crippen LogP contribution in [0.15, 0.2) is 18.2 Å². The molecule has 1 N–H and O–H groups in total. The van der Waals surface area contributed by atoms with Gasteiger partial charge in [-0.3, -0.25) is 0 Å². The highest BCUT2D eigenvalue weighted by Crippen LogP contribution is 2.26. The van der Waals surface area contributed by atoms with E-state index < -0.39 is 0 Å². The molecule has 1 atom stereocenters. The summed E-state index contributed by atoms with van der Waals surface area (Å²) in [5.41, 5.74) is 0.658. The van der Waals surface area contributed by atoms with Crippen LogP contribution in [0.1, 0.15) is 25.8 Å². The normalized spacial score (nSPS) is 12.9. The van der Waals surface area contributed by atoms with Crippen LogP contribution < -0.4 is 0 Å². The van der Waals surface area contributed by atoms with Crippen LogP contribution in [0.4, 0.5) is 0 Å². The van der Waals surface area contributed by atoms with Crippen LogP contribution in [-0.2, 0) is 5.75 Å². The number of halogens is 2. The molecule has 0 heterocycles. The Morgan fingerprint density at radius 2 is 1.95 bits per heavy atom. The highest BCUT2D eigenvalue weighted by Gasteiger charge is 2.09. The number of hydrogen-bond acceptors (Lipinski definition) is 3. The Bertz CT molecular complexity index is 386. The van der Waals surface area contributed by atoms with Crippen LogP contribution in [0.5, 0.6) is 0 Å². The van der Waals surface area contributed by atoms with Crippen LogP contribution in [0.25, 0.3) is 0 Å². The second-order valence-corrected chi connectivity index (χ2v) is 6.33. The fraction of sp³-hybridized carbons (Fsp3) is 0.571. The van der Waals surface area contributed by atoms with E-state index in [1.54, 1.807) is 6.07 Å². The van der Waals surface area contributed by atoms with Crippen molar-refractivity contribution >= 4 is 35.0 Å². The summed E-state index contributed by atoms with van der Waals surface area (Å²) in [6.45, 7) is 7.25. The maximum Gasteiger partial charge on any atom is 0.101 e. The molecule has 2 nitrogen and oxygen atoms in total. The van der Waals surface area contributed by atoms with Crippen LogP contribution >= 0.6 is 35.0 Å². The third-order valence-corrected chi connectivity index (χ3v) is 4.72. The number of benzene rings is 1. The molecule has 0 aliphatic rings. The summed E-state index contributed by atoms with van der Waals surface area (Å²) in [5, 5.41) is 11.3. The van der Waals surface area contributed by atoms with Crippen LogP contribution in [0.3, 0.4) is 0 Å². The van der Waals surface area contributed by atoms with E-state index in [4.69, 9.17) is 23.2 Å². The fourth-order valence-electron chi connectivity index (χ4n) is 1.74. The van der Waals surface area contributed by atoms with Gasteiger partial charge in [0.1, 0.15) is 5.44 Å². The van der Waals surface area contributed by atoms with Gasteiger partial charge in [-0.1, -0.05) is 43.1 Å². The number of aliphatic hydroxyl groups excluding tert-OH is 1. The summed E-state index contributed by atoms with van der Waals surface area (Å²) in [6.07, 6.45) is 0.775. The van der Waals surface area contributed by atoms with Gasteiger partial charge in [0.2, 0.25) is 0 Å². The summed E-state index contributed by atoms with van der Waals surface area (Å²) in [6, 6.07) is 5.47. The fourth-order valence-corrected chi connectivity index (χ4v) is 3.19. The Balaban J connectivity index is 2.35. The lowest BCUT2D eigenvalue weighted by atomic mass is 10.2. The predicted octanol–water partition coefficient (Wildman–Crippen LogP) is 4.28. The van der Waals surface area contributed by atoms with Gasteiger partial charge >= 0.3 is 0 Å². The summed E-state index contributed by atoms with van der Waals surface area (Å²) < 4.78 is 0. The van der Waals surface area contributed by atoms with Crippen molar-refractivity contribution in [3.63, 3.8) is 0 Å². The monoisotopic (exact) mass is 321 g/mol. The molecule has 0 aromatic heterocycles. The topological polar surface area (TPSA) is 23.5 Å². The summed E-state index contributed by atoms with van der Waals surface area (Å²) in [5.74, 6) is 0.704. The molecule has 5 heteroatoms. The molecule has 108 valence electrons. The molecule has 19 heavy (non-hydrogen) atoms. The molecular formula is C14H21Cl2NOS. The first-order valence-electron chi connectivity index (χ1n) is 6.52. The van der Waals surface area contributed by atoms with Gasteiger partial charge in [-0.05, 0) is 37.2 Å². The van der Waals surface area contributed by atoms with Crippen molar-refractivity contribution in [2.24, 2.45) is 0 Å². The lowest BCUT2D eigenvalue weighted by molar-refractivity contribution is 0.213. The highest BCUT2D eigenvalue weighted by atomic mass is 35.5. The lowest BCUT2D eigenvalue weighted by Crippen LogP contribution is -2.26. The molecule has 0 fully saturated rings. The maximum absolute atomic E-state index is 9.96. The van der Waals surface area contributed by atoms with E-state index in [9.17, 15) is 5.11 Å². The van der Waals surface area contributed by atoms with E-state index in [1.165, 1.54) is 11.8 Å². The Hall–Kier alpha value is 0.0700. The van der Waals surface area contributed by atoms with Gasteiger partial charge in [-0.2, -0.15) is 0 Å². The van der Waals surface area contributed by atoms with Crippen molar-refractivity contribution in [3.05, 3.63) is 33.8 Å². The van der Waals surface area contributed by atoms with Gasteiger partial charge in [0.25, 0.3) is 0 Å². The molecule has 1 unspecified atom stereocenters. The zero-order valence-corrected chi connectivity index (χ0v) is 13.7. The summed E-state index contributed by atoms with van der Waals surface area (Å²) >= 11 is 13.5. The van der Waals surface area contributed by atoms with Crippen molar-refractivity contribution in [2.75, 3.05) is 19.6 Å². The van der Waals surface area contributed by atoms with Crippen LogP contribution in [-0.4, -0.2) is 35.1 Å². The van der Waals surface area contributed by atoms with Gasteiger partial charge in [0.05, 0.1) is 0 Å². The van der Waals surface area contributed by atoms with Gasteiger partial charge in [-0.15, -0.1) is 11.8 Å². The molecule has 0 bridgehead atoms. The van der Waals surface area contributed by atoms with Crippen LogP contribution in [0.2, 0.25) is 10.0 Å². The smallest absolute Gasteiger partial charge is 0.101 e.